The Bertz CT molecular complexity index is 1120. The van der Waals surface area contributed by atoms with E-state index >= 15 is 0 Å². The molecule has 1 unspecified atom stereocenters. The number of hydrogen-bond acceptors (Lipinski definition) is 3. The van der Waals surface area contributed by atoms with Crippen molar-refractivity contribution in [3.05, 3.63) is 97.8 Å². The first-order valence-electron chi connectivity index (χ1n) is 8.85. The lowest BCUT2D eigenvalue weighted by Gasteiger charge is -2.16. The average molecular weight is 474 g/mol. The number of aliphatic hydroxyl groups is 1. The standard InChI is InChI=1S/C23H18BrClO2S/c1-14-9-20(27-13-15-5-3-2-4-6-15)19(24)12-18(14)23(26)22-11-16-10-17(25)7-8-21(16)28-22/h2-12,23,26H,13H2,1H3. The maximum Gasteiger partial charge on any atom is 0.134 e. The van der Waals surface area contributed by atoms with Crippen LogP contribution in [-0.2, 0) is 6.61 Å². The zero-order chi connectivity index (χ0) is 19.7. The SMILES string of the molecule is Cc1cc(OCc2ccccc2)c(Br)cc1C(O)c1cc2cc(Cl)ccc2s1. The van der Waals surface area contributed by atoms with Gasteiger partial charge in [-0.05, 0) is 81.3 Å². The lowest BCUT2D eigenvalue weighted by Crippen LogP contribution is -2.02. The fourth-order valence-corrected chi connectivity index (χ4v) is 4.84. The monoisotopic (exact) mass is 472 g/mol. The molecular weight excluding hydrogens is 456 g/mol. The van der Waals surface area contributed by atoms with Crippen molar-refractivity contribution in [1.29, 1.82) is 0 Å². The molecule has 1 atom stereocenters. The molecule has 4 rings (SSSR count). The van der Waals surface area contributed by atoms with Crippen molar-refractivity contribution in [3.8, 4) is 5.75 Å². The predicted molar refractivity (Wildman–Crippen MR) is 121 cm³/mol. The molecule has 1 N–H and O–H groups in total. The smallest absolute Gasteiger partial charge is 0.134 e. The van der Waals surface area contributed by atoms with Gasteiger partial charge in [0.1, 0.15) is 18.5 Å². The molecule has 0 bridgehead atoms. The number of hydrogen-bond donors (Lipinski definition) is 1. The summed E-state index contributed by atoms with van der Waals surface area (Å²) in [6, 6.07) is 21.7. The summed E-state index contributed by atoms with van der Waals surface area (Å²) < 4.78 is 7.90. The molecule has 2 nitrogen and oxygen atoms in total. The van der Waals surface area contributed by atoms with Crippen molar-refractivity contribution in [2.24, 2.45) is 0 Å². The van der Waals surface area contributed by atoms with Crippen LogP contribution in [0.2, 0.25) is 5.02 Å². The lowest BCUT2D eigenvalue weighted by molar-refractivity contribution is 0.223. The third-order valence-electron chi connectivity index (χ3n) is 4.62. The van der Waals surface area contributed by atoms with Crippen LogP contribution in [0.25, 0.3) is 10.1 Å². The summed E-state index contributed by atoms with van der Waals surface area (Å²) in [7, 11) is 0. The van der Waals surface area contributed by atoms with Crippen LogP contribution in [0.3, 0.4) is 0 Å². The third kappa shape index (κ3) is 4.11. The second kappa shape index (κ2) is 8.26. The Kier molecular flexibility index (Phi) is 5.74. The second-order valence-electron chi connectivity index (χ2n) is 6.65. The van der Waals surface area contributed by atoms with Crippen LogP contribution in [0, 0.1) is 6.92 Å². The average Bonchev–Trinajstić information content (AvgIpc) is 3.11. The molecule has 28 heavy (non-hydrogen) atoms. The van der Waals surface area contributed by atoms with E-state index in [4.69, 9.17) is 16.3 Å². The van der Waals surface area contributed by atoms with Crippen molar-refractivity contribution in [3.63, 3.8) is 0 Å². The van der Waals surface area contributed by atoms with E-state index in [0.717, 1.165) is 41.9 Å². The van der Waals surface area contributed by atoms with Gasteiger partial charge in [-0.25, -0.2) is 0 Å². The van der Waals surface area contributed by atoms with Gasteiger partial charge in [-0.15, -0.1) is 11.3 Å². The summed E-state index contributed by atoms with van der Waals surface area (Å²) in [5.41, 5.74) is 2.95. The van der Waals surface area contributed by atoms with Gasteiger partial charge in [0.2, 0.25) is 0 Å². The third-order valence-corrected chi connectivity index (χ3v) is 6.64. The van der Waals surface area contributed by atoms with Crippen LogP contribution < -0.4 is 4.74 Å². The van der Waals surface area contributed by atoms with E-state index in [1.165, 1.54) is 0 Å². The van der Waals surface area contributed by atoms with Gasteiger partial charge in [-0.2, -0.15) is 0 Å². The van der Waals surface area contributed by atoms with Crippen molar-refractivity contribution >= 4 is 49.0 Å². The number of aliphatic hydroxyl groups excluding tert-OH is 1. The number of benzene rings is 3. The van der Waals surface area contributed by atoms with Gasteiger partial charge >= 0.3 is 0 Å². The summed E-state index contributed by atoms with van der Waals surface area (Å²) >= 11 is 11.3. The van der Waals surface area contributed by atoms with Crippen LogP contribution in [0.15, 0.2) is 71.2 Å². The van der Waals surface area contributed by atoms with E-state index in [1.54, 1.807) is 11.3 Å². The quantitative estimate of drug-likeness (QED) is 0.330. The van der Waals surface area contributed by atoms with E-state index < -0.39 is 6.10 Å². The molecule has 0 fully saturated rings. The lowest BCUT2D eigenvalue weighted by atomic mass is 10.0. The zero-order valence-electron chi connectivity index (χ0n) is 15.2. The van der Waals surface area contributed by atoms with E-state index in [2.05, 4.69) is 15.9 Å². The van der Waals surface area contributed by atoms with Gasteiger partial charge in [0.25, 0.3) is 0 Å². The number of ether oxygens (including phenoxy) is 1. The topological polar surface area (TPSA) is 29.5 Å². The summed E-state index contributed by atoms with van der Waals surface area (Å²) in [6.45, 7) is 2.49. The molecule has 0 amide bonds. The predicted octanol–water partition coefficient (Wildman–Crippen LogP) is 7.29. The van der Waals surface area contributed by atoms with E-state index in [0.29, 0.717) is 11.6 Å². The molecule has 0 saturated carbocycles. The molecular formula is C23H18BrClO2S. The Labute approximate surface area is 181 Å². The zero-order valence-corrected chi connectivity index (χ0v) is 18.3. The molecule has 0 saturated heterocycles. The van der Waals surface area contributed by atoms with Gasteiger partial charge in [-0.1, -0.05) is 41.9 Å². The minimum absolute atomic E-state index is 0.498. The Morgan fingerprint density at radius 1 is 1.07 bits per heavy atom. The largest absolute Gasteiger partial charge is 0.488 e. The summed E-state index contributed by atoms with van der Waals surface area (Å²) in [6.07, 6.45) is -0.698. The number of aryl methyl sites for hydroxylation is 1. The number of thiophene rings is 1. The van der Waals surface area contributed by atoms with Crippen LogP contribution >= 0.6 is 38.9 Å². The summed E-state index contributed by atoms with van der Waals surface area (Å²) in [5, 5.41) is 12.7. The molecule has 0 aliphatic heterocycles. The molecule has 142 valence electrons. The van der Waals surface area contributed by atoms with Gasteiger partial charge in [-0.3, -0.25) is 0 Å². The van der Waals surface area contributed by atoms with Crippen LogP contribution in [0.4, 0.5) is 0 Å². The first kappa shape index (κ1) is 19.5. The highest BCUT2D eigenvalue weighted by Gasteiger charge is 2.18. The Morgan fingerprint density at radius 3 is 2.64 bits per heavy atom. The van der Waals surface area contributed by atoms with Crippen LogP contribution in [0.1, 0.15) is 27.7 Å². The first-order chi connectivity index (χ1) is 13.5. The molecule has 0 aliphatic rings. The Hall–Kier alpha value is -1.85. The molecule has 5 heteroatoms. The molecule has 0 aliphatic carbocycles. The second-order valence-corrected chi connectivity index (χ2v) is 9.05. The molecule has 0 spiro atoms. The molecule has 0 radical (unpaired) electrons. The van der Waals surface area contributed by atoms with Gasteiger partial charge < -0.3 is 9.84 Å². The van der Waals surface area contributed by atoms with E-state index in [-0.39, 0.29) is 0 Å². The van der Waals surface area contributed by atoms with Crippen LogP contribution in [-0.4, -0.2) is 5.11 Å². The maximum atomic E-state index is 11.0. The maximum absolute atomic E-state index is 11.0. The fourth-order valence-electron chi connectivity index (χ4n) is 3.13. The highest BCUT2D eigenvalue weighted by molar-refractivity contribution is 9.10. The van der Waals surface area contributed by atoms with Gasteiger partial charge in [0.05, 0.1) is 4.47 Å². The van der Waals surface area contributed by atoms with Crippen LogP contribution in [0.5, 0.6) is 5.75 Å². The van der Waals surface area contributed by atoms with Crippen molar-refractivity contribution < 1.29 is 9.84 Å². The van der Waals surface area contributed by atoms with Crippen molar-refractivity contribution in [1.82, 2.24) is 0 Å². The van der Waals surface area contributed by atoms with E-state index in [9.17, 15) is 5.11 Å². The van der Waals surface area contributed by atoms with Crippen molar-refractivity contribution in [2.45, 2.75) is 19.6 Å². The number of fused-ring (bicyclic) bond motifs is 1. The molecule has 4 aromatic rings. The van der Waals surface area contributed by atoms with Crippen molar-refractivity contribution in [2.75, 3.05) is 0 Å². The Balaban J connectivity index is 1.59. The highest BCUT2D eigenvalue weighted by atomic mass is 79.9. The van der Waals surface area contributed by atoms with Gasteiger partial charge in [0, 0.05) is 14.6 Å². The highest BCUT2D eigenvalue weighted by Crippen LogP contribution is 2.38. The first-order valence-corrected chi connectivity index (χ1v) is 10.8. The Morgan fingerprint density at radius 2 is 1.86 bits per heavy atom. The van der Waals surface area contributed by atoms with Gasteiger partial charge in [0.15, 0.2) is 0 Å². The number of rotatable bonds is 5. The fraction of sp³-hybridized carbons (Fsp3) is 0.130. The minimum atomic E-state index is -0.698. The normalized spacial score (nSPS) is 12.3. The molecule has 1 aromatic heterocycles. The van der Waals surface area contributed by atoms with E-state index in [1.807, 2.05) is 73.7 Å². The summed E-state index contributed by atoms with van der Waals surface area (Å²) in [4.78, 5) is 0.894. The molecule has 1 heterocycles. The minimum Gasteiger partial charge on any atom is -0.488 e. The number of halogens is 2. The summed E-state index contributed by atoms with van der Waals surface area (Å²) in [5.74, 6) is 0.764. The molecule has 3 aromatic carbocycles.